The quantitative estimate of drug-likeness (QED) is 0.170. The molecule has 2 heterocycles. The van der Waals surface area contributed by atoms with Crippen molar-refractivity contribution in [3.8, 4) is 5.75 Å². The Labute approximate surface area is 203 Å². The van der Waals surface area contributed by atoms with E-state index in [1.807, 2.05) is 33.7 Å². The van der Waals surface area contributed by atoms with Crippen molar-refractivity contribution in [3.63, 3.8) is 0 Å². The van der Waals surface area contributed by atoms with Gasteiger partial charge in [-0.2, -0.15) is 0 Å². The van der Waals surface area contributed by atoms with Crippen molar-refractivity contribution in [1.82, 2.24) is 14.5 Å². The van der Waals surface area contributed by atoms with Crippen LogP contribution in [-0.4, -0.2) is 40.5 Å². The number of rotatable bonds is 16. The molecule has 0 saturated carbocycles. The van der Waals surface area contributed by atoms with Crippen molar-refractivity contribution in [2.45, 2.75) is 77.3 Å². The number of ether oxygens (including phenoxy) is 1. The van der Waals surface area contributed by atoms with E-state index in [4.69, 9.17) is 21.3 Å². The van der Waals surface area contributed by atoms with E-state index in [-0.39, 0.29) is 0 Å². The molecule has 0 bridgehead atoms. The number of hydrogen-bond donors (Lipinski definition) is 4. The summed E-state index contributed by atoms with van der Waals surface area (Å²) in [6.45, 7) is 4.19. The molecular weight excluding hydrogens is 426 g/mol. The second kappa shape index (κ2) is 14.3. The lowest BCUT2D eigenvalue weighted by molar-refractivity contribution is 0.300. The number of nitrogens with two attached hydrogens (primary N) is 1. The van der Waals surface area contributed by atoms with Crippen molar-refractivity contribution >= 4 is 11.7 Å². The molecule has 1 aliphatic rings. The molecular formula is C26H41N7O. The number of aliphatic imine (C=N–C) groups is 1. The number of imidazole rings is 1. The molecule has 1 aromatic carbocycles. The molecule has 8 nitrogen and oxygen atoms in total. The maximum absolute atomic E-state index is 8.41. The Bertz CT molecular complexity index is 958. The molecule has 0 fully saturated rings. The van der Waals surface area contributed by atoms with E-state index in [0.29, 0.717) is 18.1 Å². The Morgan fingerprint density at radius 3 is 2.24 bits per heavy atom. The van der Waals surface area contributed by atoms with Crippen molar-refractivity contribution in [1.29, 1.82) is 10.8 Å². The first-order chi connectivity index (χ1) is 16.6. The van der Waals surface area contributed by atoms with Crippen LogP contribution in [0.5, 0.6) is 5.75 Å². The summed E-state index contributed by atoms with van der Waals surface area (Å²) in [5.41, 5.74) is 7.05. The van der Waals surface area contributed by atoms with E-state index in [9.17, 15) is 0 Å². The van der Waals surface area contributed by atoms with E-state index in [0.717, 1.165) is 81.9 Å². The van der Waals surface area contributed by atoms with Crippen LogP contribution in [0.1, 0.15) is 69.8 Å². The minimum absolute atomic E-state index is 0.302. The van der Waals surface area contributed by atoms with Crippen LogP contribution in [0.25, 0.3) is 0 Å². The number of unbranched alkanes of at least 4 members (excludes halogenated alkanes) is 6. The summed E-state index contributed by atoms with van der Waals surface area (Å²) < 4.78 is 9.93. The van der Waals surface area contributed by atoms with Crippen LogP contribution < -0.4 is 21.4 Å². The lowest BCUT2D eigenvalue weighted by atomic mass is 10.1. The molecule has 1 aliphatic heterocycles. The minimum atomic E-state index is 0.302. The first kappa shape index (κ1) is 25.6. The van der Waals surface area contributed by atoms with Crippen LogP contribution in [0.4, 0.5) is 0 Å². The SMILES string of the molecule is N=C(N)CCCCCCCCCn1ccn(CCCOc2ccc(C3=NCCCN3)cc2)c1=N. The predicted molar refractivity (Wildman–Crippen MR) is 138 cm³/mol. The largest absolute Gasteiger partial charge is 0.494 e. The average molecular weight is 468 g/mol. The molecule has 3 rings (SSSR count). The predicted octanol–water partition coefficient (Wildman–Crippen LogP) is 4.03. The van der Waals surface area contributed by atoms with Gasteiger partial charge in [-0.1, -0.05) is 32.1 Å². The Morgan fingerprint density at radius 1 is 0.941 bits per heavy atom. The molecule has 0 atom stereocenters. The van der Waals surface area contributed by atoms with Gasteiger partial charge >= 0.3 is 0 Å². The summed E-state index contributed by atoms with van der Waals surface area (Å²) in [6.07, 6.45) is 14.9. The van der Waals surface area contributed by atoms with Gasteiger partial charge in [0.1, 0.15) is 11.6 Å². The number of nitrogens with zero attached hydrogens (tertiary/aromatic N) is 3. The lowest BCUT2D eigenvalue weighted by Crippen LogP contribution is -2.30. The van der Waals surface area contributed by atoms with Crippen LogP contribution in [-0.2, 0) is 13.1 Å². The van der Waals surface area contributed by atoms with Gasteiger partial charge in [0.2, 0.25) is 5.62 Å². The zero-order valence-electron chi connectivity index (χ0n) is 20.4. The first-order valence-electron chi connectivity index (χ1n) is 12.8. The normalized spacial score (nSPS) is 13.4. The van der Waals surface area contributed by atoms with Crippen LogP contribution in [0, 0.1) is 10.8 Å². The molecule has 0 radical (unpaired) electrons. The molecule has 34 heavy (non-hydrogen) atoms. The van der Waals surface area contributed by atoms with Crippen LogP contribution in [0.3, 0.4) is 0 Å². The van der Waals surface area contributed by atoms with Crippen LogP contribution in [0.15, 0.2) is 41.7 Å². The third kappa shape index (κ3) is 8.72. The van der Waals surface area contributed by atoms with E-state index >= 15 is 0 Å². The van der Waals surface area contributed by atoms with E-state index in [1.54, 1.807) is 0 Å². The average Bonchev–Trinajstić information content (AvgIpc) is 3.20. The Kier molecular flexibility index (Phi) is 10.7. The summed E-state index contributed by atoms with van der Waals surface area (Å²) in [5.74, 6) is 2.15. The topological polar surface area (TPSA) is 117 Å². The molecule has 8 heteroatoms. The molecule has 0 saturated heterocycles. The summed E-state index contributed by atoms with van der Waals surface area (Å²) in [4.78, 5) is 4.53. The molecule has 0 amide bonds. The monoisotopic (exact) mass is 467 g/mol. The molecule has 0 spiro atoms. The fraction of sp³-hybridized carbons (Fsp3) is 0.577. The third-order valence-corrected chi connectivity index (χ3v) is 6.15. The Balaban J connectivity index is 1.27. The smallest absolute Gasteiger partial charge is 0.202 e. The summed E-state index contributed by atoms with van der Waals surface area (Å²) in [7, 11) is 0. The van der Waals surface area contributed by atoms with Gasteiger partial charge in [0, 0.05) is 50.6 Å². The number of benzene rings is 1. The highest BCUT2D eigenvalue weighted by Crippen LogP contribution is 2.14. The van der Waals surface area contributed by atoms with Gasteiger partial charge in [-0.15, -0.1) is 0 Å². The molecule has 186 valence electrons. The standard InChI is InChI=1S/C26H41N7O/c27-24(28)10-6-4-2-1-3-5-7-17-32-19-20-33(26(32)29)18-9-21-34-23-13-11-22(12-14-23)25-30-15-8-16-31-25/h11-14,19-20,29H,1-10,15-18,21H2,(H3,27,28)(H,30,31). The number of aryl methyl sites for hydroxylation is 2. The molecule has 2 aromatic rings. The minimum Gasteiger partial charge on any atom is -0.494 e. The van der Waals surface area contributed by atoms with Gasteiger partial charge in [0.05, 0.1) is 12.4 Å². The van der Waals surface area contributed by atoms with Crippen molar-refractivity contribution < 1.29 is 4.74 Å². The lowest BCUT2D eigenvalue weighted by Gasteiger charge is -2.15. The maximum atomic E-state index is 8.41. The highest BCUT2D eigenvalue weighted by Gasteiger charge is 2.07. The highest BCUT2D eigenvalue weighted by atomic mass is 16.5. The van der Waals surface area contributed by atoms with Crippen molar-refractivity contribution in [2.75, 3.05) is 19.7 Å². The van der Waals surface area contributed by atoms with Gasteiger partial charge in [-0.25, -0.2) is 0 Å². The highest BCUT2D eigenvalue weighted by molar-refractivity contribution is 5.99. The number of amidine groups is 2. The molecule has 1 aromatic heterocycles. The number of aromatic nitrogens is 2. The second-order valence-corrected chi connectivity index (χ2v) is 9.00. The summed E-state index contributed by atoms with van der Waals surface area (Å²) >= 11 is 0. The Hall–Kier alpha value is -3.03. The van der Waals surface area contributed by atoms with Crippen LogP contribution >= 0.6 is 0 Å². The number of hydrogen-bond acceptors (Lipinski definition) is 5. The van der Waals surface area contributed by atoms with E-state index in [1.165, 1.54) is 25.7 Å². The van der Waals surface area contributed by atoms with Gasteiger partial charge in [0.25, 0.3) is 0 Å². The summed E-state index contributed by atoms with van der Waals surface area (Å²) in [6, 6.07) is 8.11. The zero-order valence-corrected chi connectivity index (χ0v) is 20.4. The molecule has 0 aliphatic carbocycles. The van der Waals surface area contributed by atoms with Gasteiger partial charge in [0.15, 0.2) is 0 Å². The summed E-state index contributed by atoms with van der Waals surface area (Å²) in [5, 5.41) is 19.0. The molecule has 0 unspecified atom stereocenters. The fourth-order valence-corrected chi connectivity index (χ4v) is 4.17. The maximum Gasteiger partial charge on any atom is 0.202 e. The number of nitrogens with one attached hydrogen (secondary N) is 3. The van der Waals surface area contributed by atoms with Crippen molar-refractivity contribution in [2.24, 2.45) is 10.7 Å². The Morgan fingerprint density at radius 2 is 1.59 bits per heavy atom. The van der Waals surface area contributed by atoms with E-state index in [2.05, 4.69) is 22.4 Å². The van der Waals surface area contributed by atoms with E-state index < -0.39 is 0 Å². The molecule has 5 N–H and O–H groups in total. The second-order valence-electron chi connectivity index (χ2n) is 9.00. The zero-order chi connectivity index (χ0) is 24.0. The first-order valence-corrected chi connectivity index (χ1v) is 12.8. The van der Waals surface area contributed by atoms with Crippen LogP contribution in [0.2, 0.25) is 0 Å². The third-order valence-electron chi connectivity index (χ3n) is 6.15. The van der Waals surface area contributed by atoms with Gasteiger partial charge in [-0.3, -0.25) is 15.8 Å². The van der Waals surface area contributed by atoms with Gasteiger partial charge < -0.3 is 24.9 Å². The van der Waals surface area contributed by atoms with Gasteiger partial charge in [-0.05, 0) is 49.9 Å². The fourth-order valence-electron chi connectivity index (χ4n) is 4.17. The van der Waals surface area contributed by atoms with Crippen molar-refractivity contribution in [3.05, 3.63) is 47.8 Å².